The molecule has 0 fully saturated rings. The van der Waals surface area contributed by atoms with Crippen LogP contribution in [0.5, 0.6) is 5.75 Å². The van der Waals surface area contributed by atoms with Crippen LogP contribution in [-0.2, 0) is 6.54 Å². The molecule has 2 rings (SSSR count). The molecule has 4 heteroatoms. The number of methoxy groups -OCH3 is 1. The Hall–Kier alpha value is -1.97. The van der Waals surface area contributed by atoms with Crippen LogP contribution in [0.15, 0.2) is 36.8 Å². The van der Waals surface area contributed by atoms with Crippen LogP contribution in [0.1, 0.15) is 5.69 Å². The molecule has 0 spiro atoms. The Morgan fingerprint density at radius 2 is 2.31 bits per heavy atom. The van der Waals surface area contributed by atoms with Crippen molar-refractivity contribution in [3.05, 3.63) is 42.5 Å². The highest BCUT2D eigenvalue weighted by molar-refractivity contribution is 5.50. The van der Waals surface area contributed by atoms with Crippen LogP contribution in [0.2, 0.25) is 0 Å². The second-order valence-electron chi connectivity index (χ2n) is 3.63. The summed E-state index contributed by atoms with van der Waals surface area (Å²) in [5.74, 6) is 0.869. The summed E-state index contributed by atoms with van der Waals surface area (Å²) < 4.78 is 5.19. The van der Waals surface area contributed by atoms with Crippen LogP contribution in [0.3, 0.4) is 0 Å². The number of hydrogen-bond acceptors (Lipinski definition) is 3. The molecule has 0 saturated heterocycles. The van der Waals surface area contributed by atoms with E-state index in [1.54, 1.807) is 13.4 Å². The third-order valence-corrected chi connectivity index (χ3v) is 2.46. The van der Waals surface area contributed by atoms with Gasteiger partial charge in [0.15, 0.2) is 0 Å². The molecule has 1 aromatic heterocycles. The van der Waals surface area contributed by atoms with E-state index in [1.807, 2.05) is 31.4 Å². The monoisotopic (exact) mass is 217 g/mol. The molecule has 0 aliphatic rings. The van der Waals surface area contributed by atoms with Crippen LogP contribution < -0.4 is 9.64 Å². The maximum atomic E-state index is 5.19. The van der Waals surface area contributed by atoms with Crippen LogP contribution in [0, 0.1) is 0 Å². The van der Waals surface area contributed by atoms with Gasteiger partial charge in [-0.1, -0.05) is 6.07 Å². The fourth-order valence-electron chi connectivity index (χ4n) is 1.57. The number of imidazole rings is 1. The first-order valence-corrected chi connectivity index (χ1v) is 5.12. The highest BCUT2D eigenvalue weighted by Gasteiger charge is 2.03. The number of aromatic amines is 1. The fraction of sp³-hybridized carbons (Fsp3) is 0.250. The van der Waals surface area contributed by atoms with Crippen molar-refractivity contribution in [1.29, 1.82) is 0 Å². The molecule has 4 nitrogen and oxygen atoms in total. The minimum atomic E-state index is 0.799. The molecular formula is C12H15N3O. The van der Waals surface area contributed by atoms with E-state index in [0.717, 1.165) is 23.7 Å². The molecule has 0 aliphatic carbocycles. The normalized spacial score (nSPS) is 10.1. The van der Waals surface area contributed by atoms with Crippen LogP contribution >= 0.6 is 0 Å². The Labute approximate surface area is 94.9 Å². The van der Waals surface area contributed by atoms with Crippen molar-refractivity contribution in [2.24, 2.45) is 0 Å². The summed E-state index contributed by atoms with van der Waals surface area (Å²) in [7, 11) is 3.71. The summed E-state index contributed by atoms with van der Waals surface area (Å²) in [6, 6.07) is 7.99. The molecule has 2 aromatic rings. The number of benzene rings is 1. The number of nitrogens with one attached hydrogen (secondary N) is 1. The Bertz CT molecular complexity index is 439. The number of H-pyrrole nitrogens is 1. The lowest BCUT2D eigenvalue weighted by atomic mass is 10.2. The van der Waals surface area contributed by atoms with E-state index in [2.05, 4.69) is 20.9 Å². The minimum absolute atomic E-state index is 0.799. The topological polar surface area (TPSA) is 41.1 Å². The van der Waals surface area contributed by atoms with E-state index in [-0.39, 0.29) is 0 Å². The van der Waals surface area contributed by atoms with E-state index >= 15 is 0 Å². The van der Waals surface area contributed by atoms with Crippen LogP contribution in [0.4, 0.5) is 5.69 Å². The second kappa shape index (κ2) is 4.70. The van der Waals surface area contributed by atoms with Gasteiger partial charge in [-0.25, -0.2) is 4.98 Å². The van der Waals surface area contributed by atoms with E-state index < -0.39 is 0 Å². The van der Waals surface area contributed by atoms with Crippen LogP contribution in [-0.4, -0.2) is 24.1 Å². The Balaban J connectivity index is 2.11. The van der Waals surface area contributed by atoms with Gasteiger partial charge in [-0.05, 0) is 12.1 Å². The van der Waals surface area contributed by atoms with Crippen molar-refractivity contribution in [3.63, 3.8) is 0 Å². The van der Waals surface area contributed by atoms with Gasteiger partial charge in [0.05, 0.1) is 25.7 Å². The molecule has 0 aliphatic heterocycles. The highest BCUT2D eigenvalue weighted by Crippen LogP contribution is 2.20. The number of anilines is 1. The summed E-state index contributed by atoms with van der Waals surface area (Å²) in [5.41, 5.74) is 2.21. The van der Waals surface area contributed by atoms with Gasteiger partial charge >= 0.3 is 0 Å². The van der Waals surface area contributed by atoms with Crippen molar-refractivity contribution >= 4 is 5.69 Å². The average Bonchev–Trinajstić information content (AvgIpc) is 2.82. The zero-order valence-corrected chi connectivity index (χ0v) is 9.47. The van der Waals surface area contributed by atoms with Gasteiger partial charge in [0.2, 0.25) is 0 Å². The molecule has 1 aromatic carbocycles. The van der Waals surface area contributed by atoms with Gasteiger partial charge in [-0.15, -0.1) is 0 Å². The van der Waals surface area contributed by atoms with Crippen molar-refractivity contribution in [2.75, 3.05) is 19.1 Å². The predicted octanol–water partition coefficient (Wildman–Crippen LogP) is 2.05. The molecule has 1 heterocycles. The molecule has 0 unspecified atom stereocenters. The van der Waals surface area contributed by atoms with Gasteiger partial charge in [0.25, 0.3) is 0 Å². The quantitative estimate of drug-likeness (QED) is 0.852. The third kappa shape index (κ3) is 2.34. The molecule has 16 heavy (non-hydrogen) atoms. The molecule has 0 bridgehead atoms. The minimum Gasteiger partial charge on any atom is -0.497 e. The van der Waals surface area contributed by atoms with Crippen molar-refractivity contribution in [3.8, 4) is 5.75 Å². The van der Waals surface area contributed by atoms with Crippen molar-refractivity contribution < 1.29 is 4.74 Å². The molecule has 0 atom stereocenters. The molecule has 84 valence electrons. The number of aromatic nitrogens is 2. The lowest BCUT2D eigenvalue weighted by Crippen LogP contribution is -2.16. The number of ether oxygens (including phenoxy) is 1. The molecule has 1 N–H and O–H groups in total. The Morgan fingerprint density at radius 1 is 1.44 bits per heavy atom. The maximum absolute atomic E-state index is 5.19. The van der Waals surface area contributed by atoms with Crippen LogP contribution in [0.25, 0.3) is 0 Å². The predicted molar refractivity (Wildman–Crippen MR) is 63.7 cm³/mol. The third-order valence-electron chi connectivity index (χ3n) is 2.46. The first-order chi connectivity index (χ1) is 7.79. The Kier molecular flexibility index (Phi) is 3.10. The van der Waals surface area contributed by atoms with E-state index in [1.165, 1.54) is 0 Å². The van der Waals surface area contributed by atoms with Gasteiger partial charge in [-0.3, -0.25) is 0 Å². The molecule has 0 amide bonds. The summed E-state index contributed by atoms with van der Waals surface area (Å²) >= 11 is 0. The van der Waals surface area contributed by atoms with E-state index in [9.17, 15) is 0 Å². The smallest absolute Gasteiger partial charge is 0.120 e. The summed E-state index contributed by atoms with van der Waals surface area (Å²) in [6.07, 6.45) is 3.52. The standard InChI is InChI=1S/C12H15N3O/c1-15(8-10-7-13-9-14-10)11-4-3-5-12(6-11)16-2/h3-7,9H,8H2,1-2H3,(H,13,14). The van der Waals surface area contributed by atoms with Gasteiger partial charge in [-0.2, -0.15) is 0 Å². The Morgan fingerprint density at radius 3 is 3.00 bits per heavy atom. The van der Waals surface area contributed by atoms with Gasteiger partial charge < -0.3 is 14.6 Å². The number of rotatable bonds is 4. The van der Waals surface area contributed by atoms with Crippen molar-refractivity contribution in [2.45, 2.75) is 6.54 Å². The fourth-order valence-corrected chi connectivity index (χ4v) is 1.57. The van der Waals surface area contributed by atoms with E-state index in [0.29, 0.717) is 0 Å². The van der Waals surface area contributed by atoms with Crippen molar-refractivity contribution in [1.82, 2.24) is 9.97 Å². The lowest BCUT2D eigenvalue weighted by molar-refractivity contribution is 0.415. The highest BCUT2D eigenvalue weighted by atomic mass is 16.5. The lowest BCUT2D eigenvalue weighted by Gasteiger charge is -2.18. The second-order valence-corrected chi connectivity index (χ2v) is 3.63. The maximum Gasteiger partial charge on any atom is 0.120 e. The number of nitrogens with zero attached hydrogens (tertiary/aromatic N) is 2. The summed E-state index contributed by atoms with van der Waals surface area (Å²) in [6.45, 7) is 0.799. The molecular weight excluding hydrogens is 202 g/mol. The largest absolute Gasteiger partial charge is 0.497 e. The SMILES string of the molecule is COc1cccc(N(C)Cc2cnc[nH]2)c1. The number of hydrogen-bond donors (Lipinski definition) is 1. The summed E-state index contributed by atoms with van der Waals surface area (Å²) in [5, 5.41) is 0. The first kappa shape index (κ1) is 10.5. The van der Waals surface area contributed by atoms with E-state index in [4.69, 9.17) is 4.74 Å². The molecule has 0 saturated carbocycles. The molecule has 0 radical (unpaired) electrons. The van der Waals surface area contributed by atoms with Gasteiger partial charge in [0, 0.05) is 25.0 Å². The summed E-state index contributed by atoms with van der Waals surface area (Å²) in [4.78, 5) is 9.21. The average molecular weight is 217 g/mol. The first-order valence-electron chi connectivity index (χ1n) is 5.12. The zero-order chi connectivity index (χ0) is 11.4. The zero-order valence-electron chi connectivity index (χ0n) is 9.47. The van der Waals surface area contributed by atoms with Gasteiger partial charge in [0.1, 0.15) is 5.75 Å².